The van der Waals surface area contributed by atoms with E-state index in [9.17, 15) is 0 Å². The first-order chi connectivity index (χ1) is 9.65. The van der Waals surface area contributed by atoms with E-state index in [2.05, 4.69) is 63.4 Å². The van der Waals surface area contributed by atoms with Crippen molar-refractivity contribution >= 4 is 39.3 Å². The van der Waals surface area contributed by atoms with Crippen molar-refractivity contribution in [3.05, 3.63) is 27.6 Å². The third-order valence-electron chi connectivity index (χ3n) is 4.21. The molecule has 0 aliphatic carbocycles. The number of rotatable bonds is 1. The molecule has 1 saturated heterocycles. The molecule has 1 unspecified atom stereocenters. The van der Waals surface area contributed by atoms with Crippen LogP contribution in [0.3, 0.4) is 0 Å². The standard InChI is InChI=1S/C16H20IN3/c1-11-4-3-6-20(7-5-11)16-13-8-12(2)14(17)9-15(13)18-10-19-16/h8-11H,3-7H2,1-2H3. The summed E-state index contributed by atoms with van der Waals surface area (Å²) in [5, 5.41) is 1.19. The van der Waals surface area contributed by atoms with Crippen molar-refractivity contribution in [3.63, 3.8) is 0 Å². The molecule has 0 N–H and O–H groups in total. The fourth-order valence-corrected chi connectivity index (χ4v) is 3.35. The predicted octanol–water partition coefficient (Wildman–Crippen LogP) is 4.17. The van der Waals surface area contributed by atoms with Crippen molar-refractivity contribution in [1.82, 2.24) is 9.97 Å². The van der Waals surface area contributed by atoms with Gasteiger partial charge < -0.3 is 4.90 Å². The topological polar surface area (TPSA) is 29.0 Å². The fraction of sp³-hybridized carbons (Fsp3) is 0.500. The molecule has 0 spiro atoms. The normalized spacial score (nSPS) is 20.1. The molecule has 1 aromatic carbocycles. The molecule has 1 atom stereocenters. The third kappa shape index (κ3) is 2.75. The van der Waals surface area contributed by atoms with E-state index >= 15 is 0 Å². The van der Waals surface area contributed by atoms with Gasteiger partial charge in [0.1, 0.15) is 12.1 Å². The maximum Gasteiger partial charge on any atom is 0.139 e. The quantitative estimate of drug-likeness (QED) is 0.695. The number of fused-ring (bicyclic) bond motifs is 1. The summed E-state index contributed by atoms with van der Waals surface area (Å²) in [5.41, 5.74) is 2.36. The molecule has 3 rings (SSSR count). The zero-order valence-corrected chi connectivity index (χ0v) is 14.2. The maximum atomic E-state index is 4.58. The smallest absolute Gasteiger partial charge is 0.139 e. The monoisotopic (exact) mass is 381 g/mol. The second-order valence-corrected chi connectivity index (χ2v) is 7.00. The van der Waals surface area contributed by atoms with E-state index in [1.807, 2.05) is 0 Å². The van der Waals surface area contributed by atoms with Crippen LogP contribution in [0.2, 0.25) is 0 Å². The van der Waals surface area contributed by atoms with E-state index < -0.39 is 0 Å². The van der Waals surface area contributed by atoms with Crippen molar-refractivity contribution in [3.8, 4) is 0 Å². The molecule has 0 bridgehead atoms. The minimum Gasteiger partial charge on any atom is -0.356 e. The average Bonchev–Trinajstić information content (AvgIpc) is 2.64. The lowest BCUT2D eigenvalue weighted by Crippen LogP contribution is -2.25. The molecule has 1 aliphatic rings. The summed E-state index contributed by atoms with van der Waals surface area (Å²) >= 11 is 2.37. The lowest BCUT2D eigenvalue weighted by molar-refractivity contribution is 0.521. The van der Waals surface area contributed by atoms with Gasteiger partial charge in [0, 0.05) is 22.0 Å². The van der Waals surface area contributed by atoms with Crippen LogP contribution in [-0.4, -0.2) is 23.1 Å². The molecule has 0 radical (unpaired) electrons. The van der Waals surface area contributed by atoms with Crippen molar-refractivity contribution in [2.45, 2.75) is 33.1 Å². The molecule has 0 amide bonds. The van der Waals surface area contributed by atoms with Gasteiger partial charge in [0.05, 0.1) is 5.52 Å². The molecule has 20 heavy (non-hydrogen) atoms. The Morgan fingerprint density at radius 3 is 2.90 bits per heavy atom. The number of aromatic nitrogens is 2. The number of benzene rings is 1. The summed E-state index contributed by atoms with van der Waals surface area (Å²) in [7, 11) is 0. The van der Waals surface area contributed by atoms with Gasteiger partial charge in [-0.15, -0.1) is 0 Å². The van der Waals surface area contributed by atoms with Gasteiger partial charge in [-0.2, -0.15) is 0 Å². The van der Waals surface area contributed by atoms with Crippen LogP contribution >= 0.6 is 22.6 Å². The molecule has 106 valence electrons. The van der Waals surface area contributed by atoms with Crippen LogP contribution in [-0.2, 0) is 0 Å². The molecule has 3 nitrogen and oxygen atoms in total. The second-order valence-electron chi connectivity index (χ2n) is 5.84. The van der Waals surface area contributed by atoms with E-state index in [0.717, 1.165) is 30.3 Å². The van der Waals surface area contributed by atoms with Gasteiger partial charge in [-0.1, -0.05) is 6.92 Å². The van der Waals surface area contributed by atoms with Crippen molar-refractivity contribution in [2.24, 2.45) is 5.92 Å². The average molecular weight is 381 g/mol. The first kappa shape index (κ1) is 14.0. The van der Waals surface area contributed by atoms with Gasteiger partial charge >= 0.3 is 0 Å². The molecular weight excluding hydrogens is 361 g/mol. The summed E-state index contributed by atoms with van der Waals surface area (Å²) in [6.45, 7) is 6.73. The molecular formula is C16H20IN3. The minimum atomic E-state index is 0.829. The van der Waals surface area contributed by atoms with Gasteiger partial charge in [0.2, 0.25) is 0 Å². The number of aryl methyl sites for hydroxylation is 1. The van der Waals surface area contributed by atoms with Gasteiger partial charge in [-0.25, -0.2) is 9.97 Å². The van der Waals surface area contributed by atoms with E-state index in [1.54, 1.807) is 6.33 Å². The lowest BCUT2D eigenvalue weighted by atomic mass is 10.0. The van der Waals surface area contributed by atoms with Gasteiger partial charge in [0.15, 0.2) is 0 Å². The molecule has 1 fully saturated rings. The Labute approximate surface area is 133 Å². The maximum absolute atomic E-state index is 4.58. The Kier molecular flexibility index (Phi) is 4.10. The van der Waals surface area contributed by atoms with Crippen LogP contribution in [0.4, 0.5) is 5.82 Å². The van der Waals surface area contributed by atoms with E-state index in [0.29, 0.717) is 0 Å². The SMILES string of the molecule is Cc1cc2c(N3CCCC(C)CC3)ncnc2cc1I. The van der Waals surface area contributed by atoms with Crippen LogP contribution in [0, 0.1) is 16.4 Å². The van der Waals surface area contributed by atoms with Crippen molar-refractivity contribution in [1.29, 1.82) is 0 Å². The Bertz CT molecular complexity index is 626. The summed E-state index contributed by atoms with van der Waals surface area (Å²) in [5.74, 6) is 1.94. The summed E-state index contributed by atoms with van der Waals surface area (Å²) < 4.78 is 1.27. The van der Waals surface area contributed by atoms with E-state index in [1.165, 1.54) is 33.8 Å². The Balaban J connectivity index is 2.04. The van der Waals surface area contributed by atoms with Crippen molar-refractivity contribution in [2.75, 3.05) is 18.0 Å². The van der Waals surface area contributed by atoms with Gasteiger partial charge in [-0.05, 0) is 72.4 Å². The van der Waals surface area contributed by atoms with Crippen LogP contribution in [0.1, 0.15) is 31.7 Å². The van der Waals surface area contributed by atoms with Crippen LogP contribution in [0.25, 0.3) is 10.9 Å². The Hall–Kier alpha value is -0.910. The number of hydrogen-bond acceptors (Lipinski definition) is 3. The van der Waals surface area contributed by atoms with Gasteiger partial charge in [0.25, 0.3) is 0 Å². The molecule has 4 heteroatoms. The molecule has 1 aliphatic heterocycles. The lowest BCUT2D eigenvalue weighted by Gasteiger charge is -2.23. The summed E-state index contributed by atoms with van der Waals surface area (Å²) in [6, 6.07) is 4.40. The first-order valence-corrected chi connectivity index (χ1v) is 8.39. The first-order valence-electron chi connectivity index (χ1n) is 7.31. The third-order valence-corrected chi connectivity index (χ3v) is 5.37. The molecule has 2 aromatic rings. The highest BCUT2D eigenvalue weighted by atomic mass is 127. The zero-order valence-electron chi connectivity index (χ0n) is 12.1. The molecule has 1 aromatic heterocycles. The fourth-order valence-electron chi connectivity index (χ4n) is 2.90. The van der Waals surface area contributed by atoms with E-state index in [-0.39, 0.29) is 0 Å². The number of nitrogens with zero attached hydrogens (tertiary/aromatic N) is 3. The highest BCUT2D eigenvalue weighted by Gasteiger charge is 2.17. The van der Waals surface area contributed by atoms with Gasteiger partial charge in [-0.3, -0.25) is 0 Å². The summed E-state index contributed by atoms with van der Waals surface area (Å²) in [4.78, 5) is 11.5. The summed E-state index contributed by atoms with van der Waals surface area (Å²) in [6.07, 6.45) is 5.55. The van der Waals surface area contributed by atoms with Crippen LogP contribution in [0.15, 0.2) is 18.5 Å². The second kappa shape index (κ2) is 5.84. The molecule has 2 heterocycles. The Morgan fingerprint density at radius 2 is 2.05 bits per heavy atom. The van der Waals surface area contributed by atoms with Crippen molar-refractivity contribution < 1.29 is 0 Å². The zero-order chi connectivity index (χ0) is 14.1. The van der Waals surface area contributed by atoms with Crippen LogP contribution < -0.4 is 4.90 Å². The highest BCUT2D eigenvalue weighted by molar-refractivity contribution is 14.1. The van der Waals surface area contributed by atoms with Crippen LogP contribution in [0.5, 0.6) is 0 Å². The molecule has 0 saturated carbocycles. The van der Waals surface area contributed by atoms with E-state index in [4.69, 9.17) is 0 Å². The largest absolute Gasteiger partial charge is 0.356 e. The number of hydrogen-bond donors (Lipinski definition) is 0. The Morgan fingerprint density at radius 1 is 1.20 bits per heavy atom. The minimum absolute atomic E-state index is 0.829. The number of anilines is 1. The number of halogens is 1. The predicted molar refractivity (Wildman–Crippen MR) is 92.2 cm³/mol. The highest BCUT2D eigenvalue weighted by Crippen LogP contribution is 2.29.